The molecule has 1 unspecified atom stereocenters. The Morgan fingerprint density at radius 2 is 1.79 bits per heavy atom. The number of hydrogen-bond acceptors (Lipinski definition) is 3. The van der Waals surface area contributed by atoms with Crippen molar-refractivity contribution in [3.05, 3.63) is 0 Å². The van der Waals surface area contributed by atoms with E-state index in [9.17, 15) is 19.5 Å². The molecule has 0 aromatic carbocycles. The van der Waals surface area contributed by atoms with E-state index in [4.69, 9.17) is 0 Å². The standard InChI is InChI=1S/C14H21NO4/c1-9(2)13(3)8-10(16)15(11(13)17)14(12(18)19)6-4-5-7-14/h9H,4-8H2,1-3H3,(H,18,19). The van der Waals surface area contributed by atoms with Crippen LogP contribution < -0.4 is 0 Å². The van der Waals surface area contributed by atoms with Crippen LogP contribution in [0.4, 0.5) is 0 Å². The monoisotopic (exact) mass is 267 g/mol. The molecule has 0 radical (unpaired) electrons. The second-order valence-corrected chi connectivity index (χ2v) is 6.33. The first-order valence-electron chi connectivity index (χ1n) is 6.86. The highest BCUT2D eigenvalue weighted by Crippen LogP contribution is 2.46. The highest BCUT2D eigenvalue weighted by atomic mass is 16.4. The first-order valence-corrected chi connectivity index (χ1v) is 6.86. The molecule has 2 aliphatic rings. The third kappa shape index (κ3) is 1.78. The van der Waals surface area contributed by atoms with Crippen molar-refractivity contribution in [3.63, 3.8) is 0 Å². The third-order valence-electron chi connectivity index (χ3n) is 4.99. The molecule has 2 fully saturated rings. The van der Waals surface area contributed by atoms with Crippen molar-refractivity contribution in [3.8, 4) is 0 Å². The van der Waals surface area contributed by atoms with Gasteiger partial charge in [0, 0.05) is 6.42 Å². The van der Waals surface area contributed by atoms with E-state index >= 15 is 0 Å². The van der Waals surface area contributed by atoms with Crippen LogP contribution in [0.1, 0.15) is 52.9 Å². The van der Waals surface area contributed by atoms with E-state index < -0.39 is 16.9 Å². The zero-order chi connectivity index (χ0) is 14.4. The number of carboxylic acid groups (broad SMARTS) is 1. The van der Waals surface area contributed by atoms with Crippen molar-refractivity contribution >= 4 is 17.8 Å². The molecule has 2 rings (SSSR count). The van der Waals surface area contributed by atoms with Crippen LogP contribution in [0.2, 0.25) is 0 Å². The molecule has 1 atom stereocenters. The number of amides is 2. The Morgan fingerprint density at radius 1 is 1.26 bits per heavy atom. The van der Waals surface area contributed by atoms with E-state index in [2.05, 4.69) is 0 Å². The van der Waals surface area contributed by atoms with Gasteiger partial charge in [-0.25, -0.2) is 4.79 Å². The molecule has 0 aromatic heterocycles. The summed E-state index contributed by atoms with van der Waals surface area (Å²) in [6.45, 7) is 5.57. The fourth-order valence-corrected chi connectivity index (χ4v) is 3.21. The minimum absolute atomic E-state index is 0.0150. The zero-order valence-electron chi connectivity index (χ0n) is 11.7. The molecule has 106 valence electrons. The van der Waals surface area contributed by atoms with Gasteiger partial charge in [-0.1, -0.05) is 26.7 Å². The topological polar surface area (TPSA) is 74.7 Å². The molecule has 19 heavy (non-hydrogen) atoms. The predicted molar refractivity (Wildman–Crippen MR) is 68.2 cm³/mol. The molecule has 1 saturated heterocycles. The predicted octanol–water partition coefficient (Wildman–Crippen LogP) is 1.80. The molecule has 1 aliphatic carbocycles. The van der Waals surface area contributed by atoms with Crippen LogP contribution in [-0.4, -0.2) is 33.3 Å². The van der Waals surface area contributed by atoms with Crippen LogP contribution in [0.15, 0.2) is 0 Å². The smallest absolute Gasteiger partial charge is 0.330 e. The number of rotatable bonds is 3. The average Bonchev–Trinajstić information content (AvgIpc) is 2.86. The molecule has 1 aliphatic heterocycles. The van der Waals surface area contributed by atoms with Gasteiger partial charge >= 0.3 is 5.97 Å². The summed E-state index contributed by atoms with van der Waals surface area (Å²) in [5.41, 5.74) is -2.05. The first kappa shape index (κ1) is 14.0. The minimum atomic E-state index is -1.29. The van der Waals surface area contributed by atoms with E-state index in [0.717, 1.165) is 17.7 Å². The van der Waals surface area contributed by atoms with E-state index in [1.807, 2.05) is 13.8 Å². The molecule has 1 saturated carbocycles. The van der Waals surface area contributed by atoms with Crippen molar-refractivity contribution < 1.29 is 19.5 Å². The molecule has 1 heterocycles. The number of imide groups is 1. The molecule has 5 nitrogen and oxygen atoms in total. The second-order valence-electron chi connectivity index (χ2n) is 6.33. The van der Waals surface area contributed by atoms with Gasteiger partial charge in [-0.3, -0.25) is 14.5 Å². The maximum atomic E-state index is 12.6. The molecular weight excluding hydrogens is 246 g/mol. The van der Waals surface area contributed by atoms with Crippen LogP contribution in [0.3, 0.4) is 0 Å². The average molecular weight is 267 g/mol. The molecular formula is C14H21NO4. The largest absolute Gasteiger partial charge is 0.479 e. The Labute approximate surface area is 113 Å². The van der Waals surface area contributed by atoms with Crippen LogP contribution in [-0.2, 0) is 14.4 Å². The normalized spacial score (nSPS) is 30.4. The van der Waals surface area contributed by atoms with E-state index in [1.54, 1.807) is 6.92 Å². The first-order chi connectivity index (χ1) is 8.75. The highest BCUT2D eigenvalue weighted by Gasteiger charge is 2.60. The number of nitrogens with zero attached hydrogens (tertiary/aromatic N) is 1. The zero-order valence-corrected chi connectivity index (χ0v) is 11.7. The lowest BCUT2D eigenvalue weighted by Gasteiger charge is -2.35. The number of hydrogen-bond donors (Lipinski definition) is 1. The summed E-state index contributed by atoms with van der Waals surface area (Å²) in [7, 11) is 0. The van der Waals surface area contributed by atoms with Gasteiger partial charge in [0.2, 0.25) is 11.8 Å². The van der Waals surface area contributed by atoms with Crippen LogP contribution >= 0.6 is 0 Å². The van der Waals surface area contributed by atoms with Crippen molar-refractivity contribution in [2.45, 2.75) is 58.4 Å². The third-order valence-corrected chi connectivity index (χ3v) is 4.99. The SMILES string of the molecule is CC(C)C1(C)CC(=O)N(C2(C(=O)O)CCCC2)C1=O. The lowest BCUT2D eigenvalue weighted by atomic mass is 9.77. The molecule has 0 bridgehead atoms. The van der Waals surface area contributed by atoms with E-state index in [-0.39, 0.29) is 24.2 Å². The summed E-state index contributed by atoms with van der Waals surface area (Å²) >= 11 is 0. The van der Waals surface area contributed by atoms with Crippen molar-refractivity contribution in [1.82, 2.24) is 4.90 Å². The number of carbonyl (C=O) groups excluding carboxylic acids is 2. The molecule has 0 aromatic rings. The van der Waals surface area contributed by atoms with Crippen molar-refractivity contribution in [2.75, 3.05) is 0 Å². The Morgan fingerprint density at radius 3 is 2.16 bits per heavy atom. The summed E-state index contributed by atoms with van der Waals surface area (Å²) in [5, 5.41) is 9.52. The van der Waals surface area contributed by atoms with Gasteiger partial charge in [0.1, 0.15) is 5.54 Å². The fraction of sp³-hybridized carbons (Fsp3) is 0.786. The van der Waals surface area contributed by atoms with Crippen LogP contribution in [0, 0.1) is 11.3 Å². The van der Waals surface area contributed by atoms with Gasteiger partial charge in [-0.15, -0.1) is 0 Å². The number of carbonyl (C=O) groups is 3. The van der Waals surface area contributed by atoms with Crippen molar-refractivity contribution in [2.24, 2.45) is 11.3 Å². The Kier molecular flexibility index (Phi) is 3.19. The van der Waals surface area contributed by atoms with Gasteiger partial charge in [0.05, 0.1) is 5.41 Å². The summed E-state index contributed by atoms with van der Waals surface area (Å²) in [6, 6.07) is 0. The van der Waals surface area contributed by atoms with Gasteiger partial charge in [-0.2, -0.15) is 0 Å². The van der Waals surface area contributed by atoms with Crippen LogP contribution in [0.25, 0.3) is 0 Å². The lowest BCUT2D eigenvalue weighted by Crippen LogP contribution is -2.56. The lowest BCUT2D eigenvalue weighted by molar-refractivity contribution is -0.164. The Hall–Kier alpha value is -1.39. The Balaban J connectivity index is 2.43. The Bertz CT molecular complexity index is 437. The summed E-state index contributed by atoms with van der Waals surface area (Å²) in [6.07, 6.45) is 2.39. The summed E-state index contributed by atoms with van der Waals surface area (Å²) in [4.78, 5) is 37.6. The molecule has 0 spiro atoms. The summed E-state index contributed by atoms with van der Waals surface area (Å²) < 4.78 is 0. The molecule has 2 amide bonds. The maximum absolute atomic E-state index is 12.6. The number of aliphatic carboxylic acids is 1. The highest BCUT2D eigenvalue weighted by molar-refractivity contribution is 6.09. The number of likely N-dealkylation sites (tertiary alicyclic amines) is 1. The second kappa shape index (κ2) is 4.32. The number of carboxylic acids is 1. The fourth-order valence-electron chi connectivity index (χ4n) is 3.21. The van der Waals surface area contributed by atoms with Gasteiger partial charge < -0.3 is 5.11 Å². The maximum Gasteiger partial charge on any atom is 0.330 e. The van der Waals surface area contributed by atoms with Crippen LogP contribution in [0.5, 0.6) is 0 Å². The van der Waals surface area contributed by atoms with Gasteiger partial charge in [-0.05, 0) is 25.7 Å². The summed E-state index contributed by atoms with van der Waals surface area (Å²) in [5.74, 6) is -1.66. The van der Waals surface area contributed by atoms with E-state index in [0.29, 0.717) is 12.8 Å². The van der Waals surface area contributed by atoms with Gasteiger partial charge in [0.25, 0.3) is 0 Å². The van der Waals surface area contributed by atoms with E-state index in [1.165, 1.54) is 0 Å². The quantitative estimate of drug-likeness (QED) is 0.791. The molecule has 5 heteroatoms. The van der Waals surface area contributed by atoms with Crippen molar-refractivity contribution in [1.29, 1.82) is 0 Å². The molecule has 1 N–H and O–H groups in total. The minimum Gasteiger partial charge on any atom is -0.479 e. The van der Waals surface area contributed by atoms with Gasteiger partial charge in [0.15, 0.2) is 0 Å².